The summed E-state index contributed by atoms with van der Waals surface area (Å²) < 4.78 is 26.7. The predicted octanol–water partition coefficient (Wildman–Crippen LogP) is 3.16. The second-order valence-electron chi connectivity index (χ2n) is 3.75. The Morgan fingerprint density at radius 2 is 2.26 bits per heavy atom. The molecule has 4 nitrogen and oxygen atoms in total. The van der Waals surface area contributed by atoms with Gasteiger partial charge in [0.2, 0.25) is 0 Å². The topological polar surface area (TPSA) is 46.9 Å². The molecule has 0 aliphatic heterocycles. The number of pyridine rings is 1. The van der Waals surface area contributed by atoms with Gasteiger partial charge < -0.3 is 9.88 Å². The zero-order valence-corrected chi connectivity index (χ0v) is 11.3. The first-order valence-electron chi connectivity index (χ1n) is 5.42. The lowest BCUT2D eigenvalue weighted by Gasteiger charge is -2.09. The molecule has 0 saturated heterocycles. The van der Waals surface area contributed by atoms with Gasteiger partial charge in [0.25, 0.3) is 12.3 Å². The third-order valence-electron chi connectivity index (χ3n) is 2.36. The summed E-state index contributed by atoms with van der Waals surface area (Å²) >= 11 is 3.25. The van der Waals surface area contributed by atoms with Crippen LogP contribution in [0.4, 0.5) is 14.6 Å². The molecule has 2 heterocycles. The average molecular weight is 330 g/mol. The highest BCUT2D eigenvalue weighted by Crippen LogP contribution is 2.14. The molecular formula is C12H10BrF2N3O. The maximum Gasteiger partial charge on any atom is 0.273 e. The van der Waals surface area contributed by atoms with Gasteiger partial charge in [-0.3, -0.25) is 4.79 Å². The zero-order valence-electron chi connectivity index (χ0n) is 9.69. The molecule has 0 unspecified atom stereocenters. The standard InChI is InChI=1S/C12H10BrF2N3O/c13-8-3-4-16-11(6-8)17-12(19)9-2-1-5-18(9)7-10(14)15/h1-6,10H,7H2,(H,16,17,19). The van der Waals surface area contributed by atoms with Gasteiger partial charge in [0.05, 0.1) is 6.54 Å². The molecule has 0 aliphatic carbocycles. The van der Waals surface area contributed by atoms with Gasteiger partial charge in [-0.25, -0.2) is 13.8 Å². The fraction of sp³-hybridized carbons (Fsp3) is 0.167. The lowest BCUT2D eigenvalue weighted by molar-refractivity contribution is 0.0997. The quantitative estimate of drug-likeness (QED) is 0.936. The van der Waals surface area contributed by atoms with Crippen LogP contribution < -0.4 is 5.32 Å². The first-order chi connectivity index (χ1) is 9.06. The molecule has 0 atom stereocenters. The molecule has 0 aliphatic rings. The van der Waals surface area contributed by atoms with Crippen molar-refractivity contribution in [2.75, 3.05) is 5.32 Å². The molecule has 0 fully saturated rings. The fourth-order valence-corrected chi connectivity index (χ4v) is 1.92. The summed E-state index contributed by atoms with van der Waals surface area (Å²) in [5.74, 6) is -0.125. The van der Waals surface area contributed by atoms with Crippen LogP contribution in [0, 0.1) is 0 Å². The van der Waals surface area contributed by atoms with Gasteiger partial charge in [-0.05, 0) is 24.3 Å². The lowest BCUT2D eigenvalue weighted by atomic mass is 10.3. The van der Waals surface area contributed by atoms with Crippen LogP contribution in [0.5, 0.6) is 0 Å². The number of hydrogen-bond donors (Lipinski definition) is 1. The number of alkyl halides is 2. The molecule has 0 bridgehead atoms. The van der Waals surface area contributed by atoms with Gasteiger partial charge in [-0.2, -0.15) is 0 Å². The number of halogens is 3. The van der Waals surface area contributed by atoms with Gasteiger partial charge >= 0.3 is 0 Å². The largest absolute Gasteiger partial charge is 0.338 e. The van der Waals surface area contributed by atoms with Crippen molar-refractivity contribution in [3.05, 3.63) is 46.8 Å². The number of carbonyl (C=O) groups is 1. The van der Waals surface area contributed by atoms with E-state index < -0.39 is 18.9 Å². The highest BCUT2D eigenvalue weighted by Gasteiger charge is 2.14. The average Bonchev–Trinajstić information content (AvgIpc) is 2.76. The zero-order chi connectivity index (χ0) is 13.8. The highest BCUT2D eigenvalue weighted by molar-refractivity contribution is 9.10. The number of nitrogens with zero attached hydrogens (tertiary/aromatic N) is 2. The molecule has 2 aromatic heterocycles. The van der Waals surface area contributed by atoms with Crippen LogP contribution in [-0.2, 0) is 6.54 Å². The Hall–Kier alpha value is -1.76. The van der Waals surface area contributed by atoms with Crippen LogP contribution in [0.1, 0.15) is 10.5 Å². The second kappa shape index (κ2) is 5.92. The van der Waals surface area contributed by atoms with Crippen LogP contribution in [-0.4, -0.2) is 21.9 Å². The maximum absolute atomic E-state index is 12.4. The first kappa shape index (κ1) is 13.7. The normalized spacial score (nSPS) is 10.7. The third-order valence-corrected chi connectivity index (χ3v) is 2.85. The van der Waals surface area contributed by atoms with Crippen molar-refractivity contribution in [1.82, 2.24) is 9.55 Å². The van der Waals surface area contributed by atoms with Gasteiger partial charge in [-0.1, -0.05) is 15.9 Å². The Morgan fingerprint density at radius 3 is 2.95 bits per heavy atom. The minimum atomic E-state index is -2.51. The van der Waals surface area contributed by atoms with Crippen molar-refractivity contribution in [2.45, 2.75) is 13.0 Å². The van der Waals surface area contributed by atoms with Crippen molar-refractivity contribution in [3.63, 3.8) is 0 Å². The number of carbonyl (C=O) groups excluding carboxylic acids is 1. The molecule has 0 saturated carbocycles. The molecule has 0 spiro atoms. The second-order valence-corrected chi connectivity index (χ2v) is 4.67. The van der Waals surface area contributed by atoms with Gasteiger partial charge in [0.1, 0.15) is 11.5 Å². The van der Waals surface area contributed by atoms with Crippen molar-refractivity contribution in [2.24, 2.45) is 0 Å². The summed E-state index contributed by atoms with van der Waals surface area (Å²) in [6.07, 6.45) is 0.454. The number of nitrogens with one attached hydrogen (secondary N) is 1. The van der Waals surface area contributed by atoms with E-state index in [1.165, 1.54) is 23.0 Å². The van der Waals surface area contributed by atoms with E-state index in [9.17, 15) is 13.6 Å². The van der Waals surface area contributed by atoms with Crippen LogP contribution in [0.15, 0.2) is 41.1 Å². The molecule has 100 valence electrons. The summed E-state index contributed by atoms with van der Waals surface area (Å²) in [6.45, 7) is -0.512. The van der Waals surface area contributed by atoms with E-state index in [0.717, 1.165) is 4.47 Å². The summed E-state index contributed by atoms with van der Waals surface area (Å²) in [5, 5.41) is 2.55. The van der Waals surface area contributed by atoms with E-state index >= 15 is 0 Å². The molecule has 2 aromatic rings. The summed E-state index contributed by atoms with van der Waals surface area (Å²) in [5.41, 5.74) is 0.169. The van der Waals surface area contributed by atoms with Crippen molar-refractivity contribution in [3.8, 4) is 0 Å². The summed E-state index contributed by atoms with van der Waals surface area (Å²) in [6, 6.07) is 6.37. The predicted molar refractivity (Wildman–Crippen MR) is 70.3 cm³/mol. The van der Waals surface area contributed by atoms with Crippen LogP contribution >= 0.6 is 15.9 Å². The maximum atomic E-state index is 12.4. The van der Waals surface area contributed by atoms with Crippen LogP contribution in [0.3, 0.4) is 0 Å². The minimum absolute atomic E-state index is 0.169. The SMILES string of the molecule is O=C(Nc1cc(Br)ccn1)c1cccn1CC(F)F. The molecule has 1 amide bonds. The summed E-state index contributed by atoms with van der Waals surface area (Å²) in [7, 11) is 0. The van der Waals surface area contributed by atoms with E-state index in [1.807, 2.05) is 0 Å². The minimum Gasteiger partial charge on any atom is -0.338 e. The molecule has 7 heteroatoms. The van der Waals surface area contributed by atoms with E-state index in [4.69, 9.17) is 0 Å². The number of anilines is 1. The van der Waals surface area contributed by atoms with Crippen LogP contribution in [0.25, 0.3) is 0 Å². The molecule has 0 radical (unpaired) electrons. The van der Waals surface area contributed by atoms with Gasteiger partial charge in [-0.15, -0.1) is 0 Å². The Balaban J connectivity index is 2.14. The Kier molecular flexibility index (Phi) is 4.26. The van der Waals surface area contributed by atoms with Crippen molar-refractivity contribution < 1.29 is 13.6 Å². The Labute approximate surface area is 116 Å². The first-order valence-corrected chi connectivity index (χ1v) is 6.22. The van der Waals surface area contributed by atoms with Gasteiger partial charge in [0.15, 0.2) is 0 Å². The highest BCUT2D eigenvalue weighted by atomic mass is 79.9. The van der Waals surface area contributed by atoms with E-state index in [0.29, 0.717) is 5.82 Å². The van der Waals surface area contributed by atoms with E-state index in [1.54, 1.807) is 18.2 Å². The van der Waals surface area contributed by atoms with Gasteiger partial charge in [0, 0.05) is 16.9 Å². The number of rotatable bonds is 4. The van der Waals surface area contributed by atoms with E-state index in [-0.39, 0.29) is 5.69 Å². The van der Waals surface area contributed by atoms with Crippen LogP contribution in [0.2, 0.25) is 0 Å². The monoisotopic (exact) mass is 329 g/mol. The smallest absolute Gasteiger partial charge is 0.273 e. The molecule has 19 heavy (non-hydrogen) atoms. The number of hydrogen-bond acceptors (Lipinski definition) is 2. The van der Waals surface area contributed by atoms with E-state index in [2.05, 4.69) is 26.2 Å². The Bertz CT molecular complexity index is 586. The fourth-order valence-electron chi connectivity index (χ4n) is 1.58. The molecular weight excluding hydrogens is 320 g/mol. The molecule has 0 aromatic carbocycles. The third kappa shape index (κ3) is 3.60. The van der Waals surface area contributed by atoms with Crippen molar-refractivity contribution in [1.29, 1.82) is 0 Å². The molecule has 2 rings (SSSR count). The summed E-state index contributed by atoms with van der Waals surface area (Å²) in [4.78, 5) is 15.9. The molecule has 1 N–H and O–H groups in total. The van der Waals surface area contributed by atoms with Crippen molar-refractivity contribution >= 4 is 27.7 Å². The number of amides is 1. The Morgan fingerprint density at radius 1 is 1.47 bits per heavy atom. The lowest BCUT2D eigenvalue weighted by Crippen LogP contribution is -2.19. The number of aromatic nitrogens is 2.